The van der Waals surface area contributed by atoms with Gasteiger partial charge in [-0.05, 0) is 46.5 Å². The Morgan fingerprint density at radius 2 is 2.27 bits per heavy atom. The van der Waals surface area contributed by atoms with Gasteiger partial charge in [-0.1, -0.05) is 6.07 Å². The molecule has 1 fully saturated rings. The molecule has 0 atom stereocenters. The highest BCUT2D eigenvalue weighted by Crippen LogP contribution is 2.50. The summed E-state index contributed by atoms with van der Waals surface area (Å²) in [6.45, 7) is 0. The van der Waals surface area contributed by atoms with E-state index in [1.54, 1.807) is 13.2 Å². The van der Waals surface area contributed by atoms with Crippen molar-refractivity contribution in [2.75, 3.05) is 7.11 Å². The molecule has 0 heterocycles. The number of halogens is 1. The Hall–Kier alpha value is -1.12. The molecule has 0 saturated heterocycles. The molecule has 0 amide bonds. The summed E-state index contributed by atoms with van der Waals surface area (Å²) < 4.78 is 6.10. The Balaban J connectivity index is 2.41. The average molecular weight is 268 g/mol. The fraction of sp³-hybridized carbons (Fsp3) is 0.364. The van der Waals surface area contributed by atoms with E-state index < -0.39 is 0 Å². The van der Waals surface area contributed by atoms with Gasteiger partial charge in [0.15, 0.2) is 0 Å². The average Bonchev–Trinajstić information content (AvgIpc) is 3.00. The molecule has 0 bridgehead atoms. The van der Waals surface area contributed by atoms with Crippen LogP contribution in [0.15, 0.2) is 27.7 Å². The maximum absolute atomic E-state index is 10.3. The first-order valence-corrected chi connectivity index (χ1v) is 5.44. The Morgan fingerprint density at radius 1 is 1.53 bits per heavy atom. The minimum Gasteiger partial charge on any atom is -0.496 e. The molecule has 0 spiro atoms. The first kappa shape index (κ1) is 10.4. The van der Waals surface area contributed by atoms with Crippen LogP contribution in [-0.2, 0) is 10.3 Å². The number of carbonyl (C=O) groups excluding carboxylic acids is 1. The zero-order valence-corrected chi connectivity index (χ0v) is 9.87. The van der Waals surface area contributed by atoms with E-state index in [0.29, 0.717) is 0 Å². The molecule has 0 unspecified atom stereocenters. The molecule has 1 aromatic rings. The van der Waals surface area contributed by atoms with Crippen molar-refractivity contribution in [3.05, 3.63) is 28.2 Å². The zero-order valence-electron chi connectivity index (χ0n) is 8.29. The summed E-state index contributed by atoms with van der Waals surface area (Å²) in [5, 5.41) is 0. The number of hydrogen-bond donors (Lipinski definition) is 0. The second kappa shape index (κ2) is 3.80. The molecule has 0 N–H and O–H groups in total. The van der Waals surface area contributed by atoms with Crippen molar-refractivity contribution in [2.45, 2.75) is 18.4 Å². The second-order valence-electron chi connectivity index (χ2n) is 3.58. The van der Waals surface area contributed by atoms with E-state index in [0.717, 1.165) is 28.6 Å². The van der Waals surface area contributed by atoms with Crippen molar-refractivity contribution < 1.29 is 9.53 Å². The van der Waals surface area contributed by atoms with Gasteiger partial charge >= 0.3 is 0 Å². The van der Waals surface area contributed by atoms with Crippen LogP contribution in [0.5, 0.6) is 5.75 Å². The molecule has 0 aliphatic heterocycles. The fourth-order valence-corrected chi connectivity index (χ4v) is 2.03. The van der Waals surface area contributed by atoms with E-state index in [2.05, 4.69) is 20.9 Å². The smallest absolute Gasteiger partial charge is 0.235 e. The van der Waals surface area contributed by atoms with Gasteiger partial charge in [-0.15, -0.1) is 0 Å². The number of rotatable bonds is 3. The van der Waals surface area contributed by atoms with Gasteiger partial charge in [-0.25, -0.2) is 4.79 Å². The molecule has 4 heteroatoms. The lowest BCUT2D eigenvalue weighted by Gasteiger charge is -2.10. The SMILES string of the molecule is COc1cc(C2(N=C=O)CC2)ccc1Br. The van der Waals surface area contributed by atoms with Gasteiger partial charge in [0.2, 0.25) is 6.08 Å². The molecule has 15 heavy (non-hydrogen) atoms. The Labute approximate surface area is 96.3 Å². The molecule has 78 valence electrons. The number of methoxy groups -OCH3 is 1. The third-order valence-corrected chi connectivity index (χ3v) is 3.33. The Kier molecular flexibility index (Phi) is 2.63. The first-order valence-electron chi connectivity index (χ1n) is 4.65. The fourth-order valence-electron chi connectivity index (χ4n) is 1.62. The number of benzene rings is 1. The van der Waals surface area contributed by atoms with Crippen LogP contribution in [-0.4, -0.2) is 13.2 Å². The van der Waals surface area contributed by atoms with Crippen molar-refractivity contribution in [2.24, 2.45) is 4.99 Å². The summed E-state index contributed by atoms with van der Waals surface area (Å²) in [5.41, 5.74) is 0.696. The zero-order chi connectivity index (χ0) is 10.9. The van der Waals surface area contributed by atoms with Gasteiger partial charge in [0, 0.05) is 0 Å². The molecule has 1 saturated carbocycles. The van der Waals surface area contributed by atoms with Crippen LogP contribution in [0, 0.1) is 0 Å². The number of ether oxygens (including phenoxy) is 1. The third kappa shape index (κ3) is 1.83. The summed E-state index contributed by atoms with van der Waals surface area (Å²) >= 11 is 3.38. The molecule has 3 nitrogen and oxygen atoms in total. The summed E-state index contributed by atoms with van der Waals surface area (Å²) in [6.07, 6.45) is 3.46. The van der Waals surface area contributed by atoms with E-state index in [9.17, 15) is 4.79 Å². The normalized spacial score (nSPS) is 16.7. The Bertz CT molecular complexity index is 434. The maximum atomic E-state index is 10.3. The van der Waals surface area contributed by atoms with Crippen molar-refractivity contribution in [3.8, 4) is 5.75 Å². The maximum Gasteiger partial charge on any atom is 0.235 e. The van der Waals surface area contributed by atoms with Crippen LogP contribution >= 0.6 is 15.9 Å². The number of aliphatic imine (C=N–C) groups is 1. The minimum atomic E-state index is -0.324. The first-order chi connectivity index (χ1) is 7.22. The lowest BCUT2D eigenvalue weighted by molar-refractivity contribution is 0.411. The summed E-state index contributed by atoms with van der Waals surface area (Å²) in [7, 11) is 1.62. The van der Waals surface area contributed by atoms with Crippen LogP contribution in [0.1, 0.15) is 18.4 Å². The molecule has 0 aromatic heterocycles. The lowest BCUT2D eigenvalue weighted by atomic mass is 10.1. The van der Waals surface area contributed by atoms with Gasteiger partial charge in [-0.3, -0.25) is 0 Å². The van der Waals surface area contributed by atoms with Crippen molar-refractivity contribution in [1.29, 1.82) is 0 Å². The quantitative estimate of drug-likeness (QED) is 0.624. The van der Waals surface area contributed by atoms with Crippen LogP contribution < -0.4 is 4.74 Å². The van der Waals surface area contributed by atoms with Gasteiger partial charge in [0.1, 0.15) is 5.75 Å². The van der Waals surface area contributed by atoms with E-state index >= 15 is 0 Å². The standard InChI is InChI=1S/C11H10BrNO2/c1-15-10-6-8(2-3-9(10)12)11(4-5-11)13-7-14/h2-3,6H,4-5H2,1H3. The minimum absolute atomic E-state index is 0.324. The number of nitrogens with zero attached hydrogens (tertiary/aromatic N) is 1. The van der Waals surface area contributed by atoms with E-state index in [4.69, 9.17) is 4.74 Å². The van der Waals surface area contributed by atoms with Crippen molar-refractivity contribution in [1.82, 2.24) is 0 Å². The van der Waals surface area contributed by atoms with E-state index in [1.165, 1.54) is 0 Å². The van der Waals surface area contributed by atoms with Crippen LogP contribution in [0.25, 0.3) is 0 Å². The predicted molar refractivity (Wildman–Crippen MR) is 59.7 cm³/mol. The van der Waals surface area contributed by atoms with Crippen molar-refractivity contribution >= 4 is 22.0 Å². The van der Waals surface area contributed by atoms with Gasteiger partial charge in [0.25, 0.3) is 0 Å². The molecule has 1 aliphatic rings. The van der Waals surface area contributed by atoms with Crippen LogP contribution in [0.3, 0.4) is 0 Å². The predicted octanol–water partition coefficient (Wildman–Crippen LogP) is 2.78. The van der Waals surface area contributed by atoms with Gasteiger partial charge < -0.3 is 4.74 Å². The molecular weight excluding hydrogens is 258 g/mol. The third-order valence-electron chi connectivity index (χ3n) is 2.67. The van der Waals surface area contributed by atoms with Crippen LogP contribution in [0.2, 0.25) is 0 Å². The molecule has 1 aromatic carbocycles. The second-order valence-corrected chi connectivity index (χ2v) is 4.44. The molecule has 1 aliphatic carbocycles. The largest absolute Gasteiger partial charge is 0.496 e. The summed E-state index contributed by atoms with van der Waals surface area (Å²) in [6, 6.07) is 5.78. The lowest BCUT2D eigenvalue weighted by Crippen LogP contribution is -2.02. The van der Waals surface area contributed by atoms with E-state index in [-0.39, 0.29) is 5.54 Å². The molecule has 2 rings (SSSR count). The van der Waals surface area contributed by atoms with Crippen LogP contribution in [0.4, 0.5) is 0 Å². The molecule has 0 radical (unpaired) electrons. The highest BCUT2D eigenvalue weighted by Gasteiger charge is 2.45. The number of isocyanates is 1. The van der Waals surface area contributed by atoms with E-state index in [1.807, 2.05) is 18.2 Å². The summed E-state index contributed by atoms with van der Waals surface area (Å²) in [4.78, 5) is 14.2. The Morgan fingerprint density at radius 3 is 2.80 bits per heavy atom. The molecular formula is C11H10BrNO2. The topological polar surface area (TPSA) is 38.7 Å². The number of hydrogen-bond acceptors (Lipinski definition) is 3. The highest BCUT2D eigenvalue weighted by molar-refractivity contribution is 9.10. The highest BCUT2D eigenvalue weighted by atomic mass is 79.9. The van der Waals surface area contributed by atoms with Gasteiger partial charge in [0.05, 0.1) is 17.1 Å². The van der Waals surface area contributed by atoms with Crippen molar-refractivity contribution in [3.63, 3.8) is 0 Å². The monoisotopic (exact) mass is 267 g/mol. The van der Waals surface area contributed by atoms with Gasteiger partial charge in [-0.2, -0.15) is 4.99 Å². The summed E-state index contributed by atoms with van der Waals surface area (Å²) in [5.74, 6) is 0.764.